The number of benzene rings is 1. The molecule has 0 saturated carbocycles. The molecule has 0 unspecified atom stereocenters. The maximum Gasteiger partial charge on any atom is 0.248 e. The van der Waals surface area contributed by atoms with Crippen LogP contribution >= 0.6 is 0 Å². The van der Waals surface area contributed by atoms with Gasteiger partial charge in [-0.05, 0) is 30.7 Å². The third kappa shape index (κ3) is 1.28. The maximum atomic E-state index is 11.0. The molecular weight excluding hydrogens is 166 g/mol. The Morgan fingerprint density at radius 1 is 1.31 bits per heavy atom. The van der Waals surface area contributed by atoms with E-state index in [0.29, 0.717) is 0 Å². The molecule has 1 heterocycles. The summed E-state index contributed by atoms with van der Waals surface area (Å²) in [6.45, 7) is 1.79. The molecule has 0 atom stereocenters. The fourth-order valence-electron chi connectivity index (χ4n) is 1.30. The lowest BCUT2D eigenvalue weighted by molar-refractivity contribution is 0.472. The van der Waals surface area contributed by atoms with Crippen molar-refractivity contribution in [3.63, 3.8) is 0 Å². The molecule has 0 aliphatic rings. The van der Waals surface area contributed by atoms with Crippen LogP contribution in [0.15, 0.2) is 29.1 Å². The number of aromatic nitrogens is 1. The summed E-state index contributed by atoms with van der Waals surface area (Å²) in [5.74, 6) is 0.250. The topological polar surface area (TPSA) is 53.1 Å². The van der Waals surface area contributed by atoms with Gasteiger partial charge in [-0.3, -0.25) is 4.79 Å². The Kier molecular flexibility index (Phi) is 1.59. The van der Waals surface area contributed by atoms with Gasteiger partial charge in [0.1, 0.15) is 5.75 Å². The molecule has 2 aromatic rings. The van der Waals surface area contributed by atoms with Gasteiger partial charge in [-0.2, -0.15) is 0 Å². The van der Waals surface area contributed by atoms with Crippen molar-refractivity contribution >= 4 is 10.9 Å². The minimum absolute atomic E-state index is 0.127. The highest BCUT2D eigenvalue weighted by molar-refractivity contribution is 5.80. The summed E-state index contributed by atoms with van der Waals surface area (Å²) >= 11 is 0. The molecule has 3 heteroatoms. The van der Waals surface area contributed by atoms with Gasteiger partial charge in [-0.15, -0.1) is 0 Å². The van der Waals surface area contributed by atoms with Crippen molar-refractivity contribution in [2.75, 3.05) is 0 Å². The van der Waals surface area contributed by atoms with E-state index in [1.165, 1.54) is 6.07 Å². The predicted octanol–water partition coefficient (Wildman–Crippen LogP) is 1.54. The zero-order valence-electron chi connectivity index (χ0n) is 7.16. The van der Waals surface area contributed by atoms with Gasteiger partial charge in [0.05, 0.1) is 0 Å². The number of hydrogen-bond donors (Lipinski definition) is 2. The van der Waals surface area contributed by atoms with Crippen LogP contribution in [-0.2, 0) is 0 Å². The summed E-state index contributed by atoms with van der Waals surface area (Å²) in [4.78, 5) is 13.7. The van der Waals surface area contributed by atoms with E-state index in [9.17, 15) is 9.90 Å². The maximum absolute atomic E-state index is 11.0. The van der Waals surface area contributed by atoms with E-state index in [1.807, 2.05) is 0 Å². The van der Waals surface area contributed by atoms with Gasteiger partial charge in [0.2, 0.25) is 5.56 Å². The van der Waals surface area contributed by atoms with Gasteiger partial charge in [0.25, 0.3) is 0 Å². The van der Waals surface area contributed by atoms with Gasteiger partial charge in [0, 0.05) is 17.0 Å². The van der Waals surface area contributed by atoms with Crippen molar-refractivity contribution in [2.24, 2.45) is 0 Å². The smallest absolute Gasteiger partial charge is 0.248 e. The molecule has 2 N–H and O–H groups in total. The van der Waals surface area contributed by atoms with Crippen LogP contribution in [0.2, 0.25) is 0 Å². The van der Waals surface area contributed by atoms with Crippen LogP contribution in [0.4, 0.5) is 0 Å². The van der Waals surface area contributed by atoms with Crippen LogP contribution in [0.1, 0.15) is 5.56 Å². The summed E-state index contributed by atoms with van der Waals surface area (Å²) in [6, 6.07) is 6.52. The Balaban J connectivity index is 2.89. The fourth-order valence-corrected chi connectivity index (χ4v) is 1.30. The third-order valence-electron chi connectivity index (χ3n) is 2.04. The molecule has 0 radical (unpaired) electrons. The van der Waals surface area contributed by atoms with Crippen molar-refractivity contribution in [1.82, 2.24) is 4.98 Å². The SMILES string of the molecule is Cc1cc2[nH]c(=O)ccc2cc1O. The van der Waals surface area contributed by atoms with Crippen molar-refractivity contribution < 1.29 is 5.11 Å². The van der Waals surface area contributed by atoms with E-state index < -0.39 is 0 Å². The van der Waals surface area contributed by atoms with Gasteiger partial charge in [0.15, 0.2) is 0 Å². The Bertz CT molecular complexity index is 514. The summed E-state index contributed by atoms with van der Waals surface area (Å²) in [5.41, 5.74) is 1.38. The van der Waals surface area contributed by atoms with E-state index >= 15 is 0 Å². The quantitative estimate of drug-likeness (QED) is 0.638. The molecule has 0 bridgehead atoms. The molecule has 0 fully saturated rings. The number of H-pyrrole nitrogens is 1. The summed E-state index contributed by atoms with van der Waals surface area (Å²) < 4.78 is 0. The second-order valence-electron chi connectivity index (χ2n) is 3.05. The lowest BCUT2D eigenvalue weighted by Gasteiger charge is -2.01. The van der Waals surface area contributed by atoms with E-state index in [-0.39, 0.29) is 11.3 Å². The zero-order chi connectivity index (χ0) is 9.42. The van der Waals surface area contributed by atoms with Crippen LogP contribution in [0, 0.1) is 6.92 Å². The average molecular weight is 175 g/mol. The van der Waals surface area contributed by atoms with E-state index in [2.05, 4.69) is 4.98 Å². The molecule has 0 aliphatic heterocycles. The van der Waals surface area contributed by atoms with Crippen molar-refractivity contribution in [1.29, 1.82) is 0 Å². The summed E-state index contributed by atoms with van der Waals surface area (Å²) in [6.07, 6.45) is 0. The first-order valence-corrected chi connectivity index (χ1v) is 3.99. The summed E-state index contributed by atoms with van der Waals surface area (Å²) in [5, 5.41) is 10.2. The lowest BCUT2D eigenvalue weighted by atomic mass is 10.1. The minimum atomic E-state index is -0.127. The van der Waals surface area contributed by atoms with Crippen LogP contribution in [0.3, 0.4) is 0 Å². The minimum Gasteiger partial charge on any atom is -0.508 e. The third-order valence-corrected chi connectivity index (χ3v) is 2.04. The van der Waals surface area contributed by atoms with E-state index in [1.54, 1.807) is 25.1 Å². The van der Waals surface area contributed by atoms with Gasteiger partial charge in [-0.25, -0.2) is 0 Å². The fraction of sp³-hybridized carbons (Fsp3) is 0.100. The van der Waals surface area contributed by atoms with Crippen LogP contribution in [0.5, 0.6) is 5.75 Å². The van der Waals surface area contributed by atoms with Crippen LogP contribution < -0.4 is 5.56 Å². The molecule has 3 nitrogen and oxygen atoms in total. The molecular formula is C10H9NO2. The first kappa shape index (κ1) is 7.86. The molecule has 0 saturated heterocycles. The second-order valence-corrected chi connectivity index (χ2v) is 3.05. The number of pyridine rings is 1. The Labute approximate surface area is 74.7 Å². The largest absolute Gasteiger partial charge is 0.508 e. The number of aryl methyl sites for hydroxylation is 1. The Morgan fingerprint density at radius 3 is 2.85 bits per heavy atom. The van der Waals surface area contributed by atoms with E-state index in [0.717, 1.165) is 16.5 Å². The standard InChI is InChI=1S/C10H9NO2/c1-6-4-8-7(5-9(6)12)2-3-10(13)11-8/h2-5,12H,1H3,(H,11,13). The van der Waals surface area contributed by atoms with Crippen molar-refractivity contribution in [3.05, 3.63) is 40.2 Å². The number of rotatable bonds is 0. The number of hydrogen-bond acceptors (Lipinski definition) is 2. The van der Waals surface area contributed by atoms with E-state index in [4.69, 9.17) is 0 Å². The number of phenols is 1. The first-order valence-electron chi connectivity index (χ1n) is 3.99. The van der Waals surface area contributed by atoms with Gasteiger partial charge < -0.3 is 10.1 Å². The predicted molar refractivity (Wildman–Crippen MR) is 51.0 cm³/mol. The first-order chi connectivity index (χ1) is 6.16. The van der Waals surface area contributed by atoms with Gasteiger partial charge in [-0.1, -0.05) is 0 Å². The Morgan fingerprint density at radius 2 is 2.08 bits per heavy atom. The molecule has 1 aromatic heterocycles. The average Bonchev–Trinajstić information content (AvgIpc) is 2.08. The molecule has 0 amide bonds. The number of nitrogens with one attached hydrogen (secondary N) is 1. The highest BCUT2D eigenvalue weighted by atomic mass is 16.3. The highest BCUT2D eigenvalue weighted by Gasteiger charge is 1.99. The molecule has 2 rings (SSSR count). The van der Waals surface area contributed by atoms with Gasteiger partial charge >= 0.3 is 0 Å². The molecule has 0 spiro atoms. The second kappa shape index (κ2) is 2.62. The lowest BCUT2D eigenvalue weighted by Crippen LogP contribution is -2.02. The number of fused-ring (bicyclic) bond motifs is 1. The normalized spacial score (nSPS) is 10.5. The molecule has 0 aliphatic carbocycles. The highest BCUT2D eigenvalue weighted by Crippen LogP contribution is 2.21. The summed E-state index contributed by atoms with van der Waals surface area (Å²) in [7, 11) is 0. The Hall–Kier alpha value is -1.77. The molecule has 13 heavy (non-hydrogen) atoms. The molecule has 1 aromatic carbocycles. The number of aromatic amines is 1. The molecule has 66 valence electrons. The number of phenolic OH excluding ortho intramolecular Hbond substituents is 1. The zero-order valence-corrected chi connectivity index (χ0v) is 7.16. The van der Waals surface area contributed by atoms with Crippen molar-refractivity contribution in [3.8, 4) is 5.75 Å². The monoisotopic (exact) mass is 175 g/mol. The van der Waals surface area contributed by atoms with Crippen LogP contribution in [-0.4, -0.2) is 10.1 Å². The number of aromatic hydroxyl groups is 1. The van der Waals surface area contributed by atoms with Crippen LogP contribution in [0.25, 0.3) is 10.9 Å². The van der Waals surface area contributed by atoms with Crippen molar-refractivity contribution in [2.45, 2.75) is 6.92 Å².